The van der Waals surface area contributed by atoms with E-state index in [1.54, 1.807) is 4.90 Å². The van der Waals surface area contributed by atoms with Crippen molar-refractivity contribution in [1.29, 1.82) is 0 Å². The molecule has 0 spiro atoms. The summed E-state index contributed by atoms with van der Waals surface area (Å²) in [6.07, 6.45) is 0. The lowest BCUT2D eigenvalue weighted by atomic mass is 10.1. The quantitative estimate of drug-likeness (QED) is 0.692. The van der Waals surface area contributed by atoms with Crippen LogP contribution in [0.15, 0.2) is 54.6 Å². The highest BCUT2D eigenvalue weighted by molar-refractivity contribution is 6.11. The van der Waals surface area contributed by atoms with Crippen LogP contribution >= 0.6 is 0 Å². The van der Waals surface area contributed by atoms with Crippen LogP contribution < -0.4 is 10.2 Å². The summed E-state index contributed by atoms with van der Waals surface area (Å²) in [4.78, 5) is 29.0. The summed E-state index contributed by atoms with van der Waals surface area (Å²) in [6, 6.07) is 17.0. The van der Waals surface area contributed by atoms with Crippen molar-refractivity contribution in [2.45, 2.75) is 33.4 Å². The predicted octanol–water partition coefficient (Wildman–Crippen LogP) is 3.29. The van der Waals surface area contributed by atoms with Gasteiger partial charge in [-0.15, -0.1) is 0 Å². The van der Waals surface area contributed by atoms with Crippen molar-refractivity contribution in [2.75, 3.05) is 23.8 Å². The summed E-state index contributed by atoms with van der Waals surface area (Å²) in [5.41, 5.74) is 5.50. The Labute approximate surface area is 182 Å². The minimum atomic E-state index is -0.405. The summed E-state index contributed by atoms with van der Waals surface area (Å²) >= 11 is 0. The van der Waals surface area contributed by atoms with Crippen molar-refractivity contribution in [3.05, 3.63) is 71.5 Å². The van der Waals surface area contributed by atoms with Crippen molar-refractivity contribution in [1.82, 2.24) is 14.7 Å². The molecule has 1 aliphatic rings. The zero-order valence-electron chi connectivity index (χ0n) is 18.3. The molecule has 0 fully saturated rings. The average Bonchev–Trinajstić information content (AvgIpc) is 3.06. The summed E-state index contributed by atoms with van der Waals surface area (Å²) in [7, 11) is 1.93. The Hall–Kier alpha value is -3.45. The SMILES string of the molecule is Cc1nn(-c2ccccc2)c(C)c1CN(C)[C@@H](C)C(=O)N1CC(=O)Nc2ccccc21. The van der Waals surface area contributed by atoms with Crippen LogP contribution in [-0.2, 0) is 16.1 Å². The molecule has 2 aromatic carbocycles. The van der Waals surface area contributed by atoms with Crippen LogP contribution in [0.4, 0.5) is 11.4 Å². The van der Waals surface area contributed by atoms with Crippen molar-refractivity contribution in [3.8, 4) is 5.69 Å². The first-order valence-corrected chi connectivity index (χ1v) is 10.4. The van der Waals surface area contributed by atoms with Crippen LogP contribution in [-0.4, -0.2) is 46.1 Å². The minimum Gasteiger partial charge on any atom is -0.323 e. The van der Waals surface area contributed by atoms with Gasteiger partial charge < -0.3 is 5.32 Å². The molecule has 160 valence electrons. The molecule has 0 aliphatic carbocycles. The second-order valence-corrected chi connectivity index (χ2v) is 7.98. The highest BCUT2D eigenvalue weighted by Gasteiger charge is 2.31. The topological polar surface area (TPSA) is 70.5 Å². The lowest BCUT2D eigenvalue weighted by molar-refractivity contribution is -0.125. The Balaban J connectivity index is 1.55. The Kier molecular flexibility index (Phi) is 5.61. The number of anilines is 2. The largest absolute Gasteiger partial charge is 0.323 e. The van der Waals surface area contributed by atoms with Gasteiger partial charge in [-0.05, 0) is 52.1 Å². The molecule has 2 amide bonds. The number of likely N-dealkylation sites (N-methyl/N-ethyl adjacent to an activating group) is 1. The third-order valence-electron chi connectivity index (χ3n) is 5.90. The minimum absolute atomic E-state index is 0.0258. The third-order valence-corrected chi connectivity index (χ3v) is 5.90. The highest BCUT2D eigenvalue weighted by Crippen LogP contribution is 2.30. The molecule has 1 aliphatic heterocycles. The van der Waals surface area contributed by atoms with Gasteiger partial charge in [0, 0.05) is 17.8 Å². The van der Waals surface area contributed by atoms with Crippen LogP contribution in [0.3, 0.4) is 0 Å². The van der Waals surface area contributed by atoms with Gasteiger partial charge in [0.05, 0.1) is 28.8 Å². The first-order chi connectivity index (χ1) is 14.9. The van der Waals surface area contributed by atoms with Crippen LogP contribution in [0.2, 0.25) is 0 Å². The Morgan fingerprint density at radius 3 is 2.55 bits per heavy atom. The average molecular weight is 418 g/mol. The fraction of sp³-hybridized carbons (Fsp3) is 0.292. The maximum atomic E-state index is 13.3. The summed E-state index contributed by atoms with van der Waals surface area (Å²) < 4.78 is 1.94. The van der Waals surface area contributed by atoms with E-state index in [4.69, 9.17) is 5.10 Å². The first-order valence-electron chi connectivity index (χ1n) is 10.4. The smallest absolute Gasteiger partial charge is 0.244 e. The number of nitrogens with one attached hydrogen (secondary N) is 1. The number of carbonyl (C=O) groups excluding carboxylic acids is 2. The Morgan fingerprint density at radius 2 is 1.81 bits per heavy atom. The number of hydrogen-bond acceptors (Lipinski definition) is 4. The molecule has 2 heterocycles. The van der Waals surface area contributed by atoms with E-state index >= 15 is 0 Å². The number of carbonyl (C=O) groups is 2. The first kappa shape index (κ1) is 20.8. The number of aryl methyl sites for hydroxylation is 1. The molecule has 1 aromatic heterocycles. The second-order valence-electron chi connectivity index (χ2n) is 7.98. The molecule has 1 N–H and O–H groups in total. The second kappa shape index (κ2) is 8.35. The molecular formula is C24H27N5O2. The molecule has 31 heavy (non-hydrogen) atoms. The molecule has 1 atom stereocenters. The Morgan fingerprint density at radius 1 is 1.13 bits per heavy atom. The maximum absolute atomic E-state index is 13.3. The van der Waals surface area contributed by atoms with Crippen LogP contribution in [0.1, 0.15) is 23.9 Å². The molecule has 0 saturated carbocycles. The number of aromatic nitrogens is 2. The van der Waals surface area contributed by atoms with Gasteiger partial charge in [0.15, 0.2) is 0 Å². The van der Waals surface area contributed by atoms with Gasteiger partial charge in [-0.1, -0.05) is 30.3 Å². The van der Waals surface area contributed by atoms with E-state index in [-0.39, 0.29) is 18.4 Å². The molecular weight excluding hydrogens is 390 g/mol. The molecule has 0 bridgehead atoms. The number of para-hydroxylation sites is 3. The van der Waals surface area contributed by atoms with E-state index < -0.39 is 6.04 Å². The van der Waals surface area contributed by atoms with Crippen molar-refractivity contribution >= 4 is 23.2 Å². The van der Waals surface area contributed by atoms with Gasteiger partial charge in [-0.25, -0.2) is 4.68 Å². The van der Waals surface area contributed by atoms with Gasteiger partial charge in [0.25, 0.3) is 0 Å². The standard InChI is InChI=1S/C24H27N5O2/c1-16-20(17(2)29(26-16)19-10-6-5-7-11-19)14-27(4)18(3)24(31)28-15-23(30)25-21-12-8-9-13-22(21)28/h5-13,18H,14-15H2,1-4H3,(H,25,30)/t18-/m0/s1. The van der Waals surface area contributed by atoms with Gasteiger partial charge in [0.1, 0.15) is 6.54 Å². The molecule has 0 unspecified atom stereocenters. The van der Waals surface area contributed by atoms with Gasteiger partial charge >= 0.3 is 0 Å². The normalized spacial score (nSPS) is 14.4. The van der Waals surface area contributed by atoms with Crippen molar-refractivity contribution in [3.63, 3.8) is 0 Å². The molecule has 3 aromatic rings. The van der Waals surface area contributed by atoms with Gasteiger partial charge in [-0.3, -0.25) is 19.4 Å². The van der Waals surface area contributed by atoms with Crippen LogP contribution in [0.5, 0.6) is 0 Å². The number of rotatable bonds is 5. The fourth-order valence-electron chi connectivity index (χ4n) is 3.95. The zero-order valence-corrected chi connectivity index (χ0v) is 18.3. The maximum Gasteiger partial charge on any atom is 0.244 e. The molecule has 7 nitrogen and oxygen atoms in total. The summed E-state index contributed by atoms with van der Waals surface area (Å²) in [6.45, 7) is 6.53. The number of amides is 2. The lowest BCUT2D eigenvalue weighted by Crippen LogP contribution is -2.50. The van der Waals surface area contributed by atoms with Crippen molar-refractivity contribution in [2.24, 2.45) is 0 Å². The number of fused-ring (bicyclic) bond motifs is 1. The molecule has 0 saturated heterocycles. The van der Waals surface area contributed by atoms with E-state index in [1.165, 1.54) is 0 Å². The molecule has 4 rings (SSSR count). The number of benzene rings is 2. The Bertz CT molecular complexity index is 1120. The van der Waals surface area contributed by atoms with Crippen molar-refractivity contribution < 1.29 is 9.59 Å². The summed E-state index contributed by atoms with van der Waals surface area (Å²) in [5, 5.41) is 7.54. The van der Waals surface area contributed by atoms with Gasteiger partial charge in [0.2, 0.25) is 11.8 Å². The summed E-state index contributed by atoms with van der Waals surface area (Å²) in [5.74, 6) is -0.284. The van der Waals surface area contributed by atoms with E-state index in [1.807, 2.05) is 92.0 Å². The van der Waals surface area contributed by atoms with Gasteiger partial charge in [-0.2, -0.15) is 5.10 Å². The van der Waals surface area contributed by atoms with E-state index in [0.717, 1.165) is 28.3 Å². The zero-order chi connectivity index (χ0) is 22.1. The number of nitrogens with zero attached hydrogens (tertiary/aromatic N) is 4. The third kappa shape index (κ3) is 3.96. The number of hydrogen-bond donors (Lipinski definition) is 1. The highest BCUT2D eigenvalue weighted by atomic mass is 16.2. The van der Waals surface area contributed by atoms with Crippen LogP contribution in [0, 0.1) is 13.8 Å². The monoisotopic (exact) mass is 417 g/mol. The fourth-order valence-corrected chi connectivity index (χ4v) is 3.95. The lowest BCUT2D eigenvalue weighted by Gasteiger charge is -2.33. The molecule has 7 heteroatoms. The molecule has 0 radical (unpaired) electrons. The van der Waals surface area contributed by atoms with E-state index in [0.29, 0.717) is 12.2 Å². The predicted molar refractivity (Wildman–Crippen MR) is 121 cm³/mol. The van der Waals surface area contributed by atoms with Crippen LogP contribution in [0.25, 0.3) is 5.69 Å². The van der Waals surface area contributed by atoms with E-state index in [9.17, 15) is 9.59 Å². The van der Waals surface area contributed by atoms with E-state index in [2.05, 4.69) is 5.32 Å².